The highest BCUT2D eigenvalue weighted by atomic mass is 127. The Bertz CT molecular complexity index is 930. The van der Waals surface area contributed by atoms with Crippen LogP contribution in [0.4, 0.5) is 0 Å². The fourth-order valence-corrected chi connectivity index (χ4v) is 4.71. The van der Waals surface area contributed by atoms with Gasteiger partial charge in [-0.15, -0.1) is 24.0 Å². The topological polar surface area (TPSA) is 75.8 Å². The second-order valence-electron chi connectivity index (χ2n) is 9.01. The molecule has 0 unspecified atom stereocenters. The maximum atomic E-state index is 12.4. The van der Waals surface area contributed by atoms with E-state index in [4.69, 9.17) is 4.99 Å². The quantitative estimate of drug-likeness (QED) is 0.261. The fourth-order valence-electron chi connectivity index (χ4n) is 4.71. The Labute approximate surface area is 214 Å². The van der Waals surface area contributed by atoms with E-state index in [0.717, 1.165) is 77.6 Å². The van der Waals surface area contributed by atoms with Crippen molar-refractivity contribution >= 4 is 46.7 Å². The van der Waals surface area contributed by atoms with Crippen LogP contribution in [0.15, 0.2) is 29.3 Å². The lowest BCUT2D eigenvalue weighted by Crippen LogP contribution is -2.51. The lowest BCUT2D eigenvalue weighted by molar-refractivity contribution is -0.139. The summed E-state index contributed by atoms with van der Waals surface area (Å²) in [4.78, 5) is 25.2. The van der Waals surface area contributed by atoms with Gasteiger partial charge in [-0.3, -0.25) is 14.7 Å². The summed E-state index contributed by atoms with van der Waals surface area (Å²) in [7, 11) is 0. The van der Waals surface area contributed by atoms with Crippen LogP contribution in [0.5, 0.6) is 0 Å². The highest BCUT2D eigenvalue weighted by molar-refractivity contribution is 14.0. The van der Waals surface area contributed by atoms with E-state index in [9.17, 15) is 4.79 Å². The largest absolute Gasteiger partial charge is 0.358 e. The number of carbonyl (C=O) groups is 1. The van der Waals surface area contributed by atoms with Crippen molar-refractivity contribution in [3.8, 4) is 0 Å². The zero-order chi connectivity index (χ0) is 22.3. The molecule has 1 amide bonds. The predicted octanol–water partition coefficient (Wildman–Crippen LogP) is 3.14. The minimum atomic E-state index is 0. The van der Waals surface area contributed by atoms with Crippen LogP contribution in [0, 0.1) is 12.8 Å². The number of aryl methyl sites for hydroxylation is 1. The third kappa shape index (κ3) is 6.62. The second-order valence-corrected chi connectivity index (χ2v) is 9.01. The molecule has 1 saturated heterocycles. The van der Waals surface area contributed by atoms with Crippen molar-refractivity contribution in [2.24, 2.45) is 10.9 Å². The molecule has 4 rings (SSSR count). The minimum Gasteiger partial charge on any atom is -0.358 e. The summed E-state index contributed by atoms with van der Waals surface area (Å²) in [6.45, 7) is 11.3. The van der Waals surface area contributed by atoms with E-state index >= 15 is 0 Å². The molecule has 0 radical (unpaired) electrons. The van der Waals surface area contributed by atoms with Crippen LogP contribution in [0.1, 0.15) is 37.4 Å². The van der Waals surface area contributed by atoms with E-state index in [-0.39, 0.29) is 24.0 Å². The molecule has 1 aromatic heterocycles. The maximum Gasteiger partial charge on any atom is 0.225 e. The van der Waals surface area contributed by atoms with Gasteiger partial charge in [-0.05, 0) is 44.7 Å². The van der Waals surface area contributed by atoms with Crippen molar-refractivity contribution < 1.29 is 4.79 Å². The lowest BCUT2D eigenvalue weighted by Gasteiger charge is -2.38. The van der Waals surface area contributed by atoms with Gasteiger partial charge >= 0.3 is 0 Å². The molecule has 2 aliphatic rings. The van der Waals surface area contributed by atoms with Crippen molar-refractivity contribution in [3.63, 3.8) is 0 Å². The number of amides is 1. The average molecular weight is 567 g/mol. The van der Waals surface area contributed by atoms with Gasteiger partial charge in [0, 0.05) is 68.3 Å². The van der Waals surface area contributed by atoms with E-state index in [1.165, 1.54) is 28.6 Å². The van der Waals surface area contributed by atoms with Gasteiger partial charge in [-0.2, -0.15) is 0 Å². The first-order valence-corrected chi connectivity index (χ1v) is 12.2. The van der Waals surface area contributed by atoms with E-state index < -0.39 is 0 Å². The van der Waals surface area contributed by atoms with Crippen LogP contribution < -0.4 is 10.6 Å². The number of aliphatic imine (C=N–C) groups is 1. The number of nitrogens with one attached hydrogen (secondary N) is 3. The van der Waals surface area contributed by atoms with Crippen molar-refractivity contribution in [2.75, 3.05) is 52.4 Å². The number of rotatable bonds is 8. The maximum absolute atomic E-state index is 12.4. The molecule has 2 fully saturated rings. The summed E-state index contributed by atoms with van der Waals surface area (Å²) in [6.07, 6.45) is 4.36. The Hall–Kier alpha value is -1.81. The Morgan fingerprint density at radius 1 is 1.15 bits per heavy atom. The molecular weight excluding hydrogens is 527 g/mol. The molecule has 1 aliphatic carbocycles. The van der Waals surface area contributed by atoms with Gasteiger partial charge in [-0.25, -0.2) is 0 Å². The highest BCUT2D eigenvalue weighted by Crippen LogP contribution is 2.28. The first-order valence-electron chi connectivity index (χ1n) is 12.2. The van der Waals surface area contributed by atoms with Gasteiger partial charge < -0.3 is 20.5 Å². The number of fused-ring (bicyclic) bond motifs is 1. The van der Waals surface area contributed by atoms with E-state index in [0.29, 0.717) is 11.8 Å². The Balaban J connectivity index is 0.00000306. The second kappa shape index (κ2) is 12.6. The molecule has 0 spiro atoms. The molecule has 3 N–H and O–H groups in total. The molecular formula is C25H39IN6O. The first kappa shape index (κ1) is 25.8. The lowest BCUT2D eigenvalue weighted by atomic mass is 9.84. The highest BCUT2D eigenvalue weighted by Gasteiger charge is 2.30. The third-order valence-electron chi connectivity index (χ3n) is 6.86. The molecule has 182 valence electrons. The van der Waals surface area contributed by atoms with Gasteiger partial charge in [0.2, 0.25) is 5.91 Å². The smallest absolute Gasteiger partial charge is 0.225 e. The Morgan fingerprint density at radius 3 is 2.61 bits per heavy atom. The summed E-state index contributed by atoms with van der Waals surface area (Å²) >= 11 is 0. The summed E-state index contributed by atoms with van der Waals surface area (Å²) in [5, 5.41) is 8.16. The van der Waals surface area contributed by atoms with Crippen molar-refractivity contribution in [3.05, 3.63) is 35.5 Å². The zero-order valence-corrected chi connectivity index (χ0v) is 22.4. The van der Waals surface area contributed by atoms with Gasteiger partial charge in [0.05, 0.1) is 6.54 Å². The third-order valence-corrected chi connectivity index (χ3v) is 6.86. The first-order chi connectivity index (χ1) is 15.7. The van der Waals surface area contributed by atoms with Gasteiger partial charge in [0.1, 0.15) is 0 Å². The molecule has 0 atom stereocenters. The van der Waals surface area contributed by atoms with E-state index in [1.54, 1.807) is 0 Å². The van der Waals surface area contributed by atoms with Crippen LogP contribution in [0.25, 0.3) is 10.9 Å². The van der Waals surface area contributed by atoms with Crippen molar-refractivity contribution in [1.82, 2.24) is 25.4 Å². The number of carbonyl (C=O) groups excluding carboxylic acids is 1. The monoisotopic (exact) mass is 566 g/mol. The number of benzene rings is 1. The number of hydrogen-bond acceptors (Lipinski definition) is 3. The standard InChI is InChI=1S/C25H38N6O.HI/c1-3-26-25(27-12-11-21-19(2)29-23-10-5-4-9-22(21)23)28-13-14-30-15-17-31(18-16-30)24(32)20-7-6-8-20;/h4-5,9-10,20,29H,3,6-8,11-18H2,1-2H3,(H2,26,27,28);1H. The summed E-state index contributed by atoms with van der Waals surface area (Å²) in [5.41, 5.74) is 3.82. The molecule has 2 heterocycles. The van der Waals surface area contributed by atoms with Crippen LogP contribution >= 0.6 is 24.0 Å². The molecule has 0 bridgehead atoms. The number of H-pyrrole nitrogens is 1. The zero-order valence-electron chi connectivity index (χ0n) is 20.0. The average Bonchev–Trinajstić information content (AvgIpc) is 3.08. The number of piperazine rings is 1. The minimum absolute atomic E-state index is 0. The Morgan fingerprint density at radius 2 is 1.91 bits per heavy atom. The molecule has 7 nitrogen and oxygen atoms in total. The van der Waals surface area contributed by atoms with Crippen LogP contribution in [0.3, 0.4) is 0 Å². The Kier molecular flexibility index (Phi) is 9.85. The van der Waals surface area contributed by atoms with Gasteiger partial charge in [0.25, 0.3) is 0 Å². The number of guanidine groups is 1. The number of nitrogens with zero attached hydrogens (tertiary/aromatic N) is 3. The molecule has 8 heteroatoms. The molecule has 1 saturated carbocycles. The number of halogens is 1. The van der Waals surface area contributed by atoms with Crippen molar-refractivity contribution in [1.29, 1.82) is 0 Å². The number of aromatic nitrogens is 1. The van der Waals surface area contributed by atoms with E-state index in [1.807, 2.05) is 0 Å². The summed E-state index contributed by atoms with van der Waals surface area (Å²) in [6, 6.07) is 8.49. The summed E-state index contributed by atoms with van der Waals surface area (Å²) in [5.74, 6) is 1.58. The van der Waals surface area contributed by atoms with Crippen LogP contribution in [-0.2, 0) is 11.2 Å². The van der Waals surface area contributed by atoms with Crippen molar-refractivity contribution in [2.45, 2.75) is 39.5 Å². The number of hydrogen-bond donors (Lipinski definition) is 3. The predicted molar refractivity (Wildman–Crippen MR) is 146 cm³/mol. The van der Waals surface area contributed by atoms with Crippen LogP contribution in [0.2, 0.25) is 0 Å². The normalized spacial score (nSPS) is 17.5. The SMILES string of the molecule is CCNC(=NCCN1CCN(C(=O)C2CCC2)CC1)NCCc1c(C)[nH]c2ccccc12.I. The number of para-hydroxylation sites is 1. The molecule has 2 aromatic rings. The van der Waals surface area contributed by atoms with Gasteiger partial charge in [-0.1, -0.05) is 24.6 Å². The van der Waals surface area contributed by atoms with Gasteiger partial charge in [0.15, 0.2) is 5.96 Å². The fraction of sp³-hybridized carbons (Fsp3) is 0.600. The van der Waals surface area contributed by atoms with Crippen LogP contribution in [-0.4, -0.2) is 79.0 Å². The molecule has 1 aliphatic heterocycles. The molecule has 1 aromatic carbocycles. The summed E-state index contributed by atoms with van der Waals surface area (Å²) < 4.78 is 0. The van der Waals surface area contributed by atoms with E-state index in [2.05, 4.69) is 63.5 Å². The number of aromatic amines is 1. The molecule has 33 heavy (non-hydrogen) atoms.